The normalized spacial score (nSPS) is 14.3. The zero-order chi connectivity index (χ0) is 19.1. The standard InChI is InChI=1S/C21H24IN3O2/c22-17-8-10-18(11-9-17)24-20(26)15-23-19-7-5-6-16(14-19)21(27)25-12-3-1-2-4-13-25/h5-11,14,23H,1-4,12-13,15H2,(H,24,26). The maximum atomic E-state index is 12.7. The molecule has 142 valence electrons. The van der Waals surface area contributed by atoms with Gasteiger partial charge in [0.25, 0.3) is 5.91 Å². The Labute approximate surface area is 173 Å². The van der Waals surface area contributed by atoms with Crippen molar-refractivity contribution in [3.8, 4) is 0 Å². The first kappa shape index (κ1) is 19.7. The van der Waals surface area contributed by atoms with E-state index in [2.05, 4.69) is 33.2 Å². The van der Waals surface area contributed by atoms with E-state index in [1.165, 1.54) is 12.8 Å². The van der Waals surface area contributed by atoms with Gasteiger partial charge in [-0.25, -0.2) is 0 Å². The Balaban J connectivity index is 1.56. The zero-order valence-corrected chi connectivity index (χ0v) is 17.4. The highest BCUT2D eigenvalue weighted by molar-refractivity contribution is 14.1. The summed E-state index contributed by atoms with van der Waals surface area (Å²) in [4.78, 5) is 26.8. The second kappa shape index (κ2) is 9.73. The van der Waals surface area contributed by atoms with Crippen LogP contribution in [0.25, 0.3) is 0 Å². The second-order valence-corrected chi connectivity index (χ2v) is 7.94. The summed E-state index contributed by atoms with van der Waals surface area (Å²) in [5.41, 5.74) is 2.21. The molecule has 0 atom stereocenters. The summed E-state index contributed by atoms with van der Waals surface area (Å²) in [5.74, 6) is -0.0515. The van der Waals surface area contributed by atoms with Crippen LogP contribution in [0.5, 0.6) is 0 Å². The maximum absolute atomic E-state index is 12.7. The third-order valence-corrected chi connectivity index (χ3v) is 5.30. The number of nitrogens with zero attached hydrogens (tertiary/aromatic N) is 1. The van der Waals surface area contributed by atoms with E-state index in [4.69, 9.17) is 0 Å². The minimum Gasteiger partial charge on any atom is -0.376 e. The van der Waals surface area contributed by atoms with Gasteiger partial charge in [-0.1, -0.05) is 18.9 Å². The molecule has 0 radical (unpaired) electrons. The number of nitrogens with one attached hydrogen (secondary N) is 2. The van der Waals surface area contributed by atoms with E-state index in [0.717, 1.165) is 40.9 Å². The van der Waals surface area contributed by atoms with Crippen molar-refractivity contribution in [3.05, 3.63) is 57.7 Å². The Morgan fingerprint density at radius 2 is 1.63 bits per heavy atom. The van der Waals surface area contributed by atoms with Crippen molar-refractivity contribution < 1.29 is 9.59 Å². The molecule has 0 aromatic heterocycles. The quantitative estimate of drug-likeness (QED) is 0.630. The van der Waals surface area contributed by atoms with E-state index in [1.807, 2.05) is 53.4 Å². The van der Waals surface area contributed by atoms with Gasteiger partial charge in [0.1, 0.15) is 0 Å². The third-order valence-electron chi connectivity index (χ3n) is 4.58. The van der Waals surface area contributed by atoms with Crippen molar-refractivity contribution in [3.63, 3.8) is 0 Å². The maximum Gasteiger partial charge on any atom is 0.253 e. The van der Waals surface area contributed by atoms with E-state index in [0.29, 0.717) is 5.56 Å². The Morgan fingerprint density at radius 3 is 2.33 bits per heavy atom. The van der Waals surface area contributed by atoms with E-state index in [-0.39, 0.29) is 18.4 Å². The fourth-order valence-electron chi connectivity index (χ4n) is 3.14. The van der Waals surface area contributed by atoms with Crippen LogP contribution in [-0.4, -0.2) is 36.3 Å². The van der Waals surface area contributed by atoms with Crippen LogP contribution in [0, 0.1) is 3.57 Å². The molecule has 2 amide bonds. The predicted octanol–water partition coefficient (Wildman–Crippen LogP) is 4.36. The lowest BCUT2D eigenvalue weighted by atomic mass is 10.1. The number of anilines is 2. The molecule has 0 aliphatic carbocycles. The third kappa shape index (κ3) is 5.95. The predicted molar refractivity (Wildman–Crippen MR) is 117 cm³/mol. The largest absolute Gasteiger partial charge is 0.376 e. The van der Waals surface area contributed by atoms with E-state index in [1.54, 1.807) is 0 Å². The van der Waals surface area contributed by atoms with Crippen LogP contribution in [-0.2, 0) is 4.79 Å². The highest BCUT2D eigenvalue weighted by atomic mass is 127. The van der Waals surface area contributed by atoms with Gasteiger partial charge >= 0.3 is 0 Å². The Bertz CT molecular complexity index is 784. The van der Waals surface area contributed by atoms with Crippen LogP contribution in [0.1, 0.15) is 36.0 Å². The molecular formula is C21H24IN3O2. The molecule has 2 aromatic rings. The molecule has 1 fully saturated rings. The average molecular weight is 477 g/mol. The van der Waals surface area contributed by atoms with Crippen LogP contribution in [0.2, 0.25) is 0 Å². The molecule has 1 heterocycles. The average Bonchev–Trinajstić information content (AvgIpc) is 2.97. The van der Waals surface area contributed by atoms with Crippen LogP contribution in [0.3, 0.4) is 0 Å². The van der Waals surface area contributed by atoms with E-state index in [9.17, 15) is 9.59 Å². The number of hydrogen-bond donors (Lipinski definition) is 2. The SMILES string of the molecule is O=C(CNc1cccc(C(=O)N2CCCCCC2)c1)Nc1ccc(I)cc1. The molecule has 5 nitrogen and oxygen atoms in total. The first-order chi connectivity index (χ1) is 13.1. The number of benzene rings is 2. The Kier molecular flexibility index (Phi) is 7.09. The molecule has 2 N–H and O–H groups in total. The number of carbonyl (C=O) groups is 2. The molecule has 0 spiro atoms. The second-order valence-electron chi connectivity index (χ2n) is 6.70. The van der Waals surface area contributed by atoms with Crippen LogP contribution < -0.4 is 10.6 Å². The number of halogens is 1. The van der Waals surface area contributed by atoms with Crippen molar-refractivity contribution in [1.29, 1.82) is 0 Å². The fraction of sp³-hybridized carbons (Fsp3) is 0.333. The van der Waals surface area contributed by atoms with E-state index >= 15 is 0 Å². The highest BCUT2D eigenvalue weighted by Gasteiger charge is 2.17. The molecule has 0 unspecified atom stereocenters. The summed E-state index contributed by atoms with van der Waals surface area (Å²) in [7, 11) is 0. The van der Waals surface area contributed by atoms with Gasteiger partial charge in [0.15, 0.2) is 0 Å². The summed E-state index contributed by atoms with van der Waals surface area (Å²) in [6.45, 7) is 1.80. The van der Waals surface area contributed by atoms with E-state index < -0.39 is 0 Å². The molecule has 27 heavy (non-hydrogen) atoms. The summed E-state index contributed by atoms with van der Waals surface area (Å²) >= 11 is 2.22. The van der Waals surface area contributed by atoms with Gasteiger partial charge in [0.2, 0.25) is 5.91 Å². The molecular weight excluding hydrogens is 453 g/mol. The lowest BCUT2D eigenvalue weighted by molar-refractivity contribution is -0.114. The molecule has 1 aliphatic rings. The summed E-state index contributed by atoms with van der Waals surface area (Å²) in [5, 5.41) is 5.96. The molecule has 2 aromatic carbocycles. The lowest BCUT2D eigenvalue weighted by Gasteiger charge is -2.20. The van der Waals surface area contributed by atoms with Crippen molar-refractivity contribution in [2.75, 3.05) is 30.3 Å². The van der Waals surface area contributed by atoms with Crippen LogP contribution in [0.4, 0.5) is 11.4 Å². The van der Waals surface area contributed by atoms with Crippen LogP contribution >= 0.6 is 22.6 Å². The number of carbonyl (C=O) groups excluding carboxylic acids is 2. The molecule has 0 saturated carbocycles. The summed E-state index contributed by atoms with van der Waals surface area (Å²) in [6.07, 6.45) is 4.53. The number of hydrogen-bond acceptors (Lipinski definition) is 3. The van der Waals surface area contributed by atoms with Crippen molar-refractivity contribution in [2.24, 2.45) is 0 Å². The fourth-order valence-corrected chi connectivity index (χ4v) is 3.50. The van der Waals surface area contributed by atoms with Gasteiger partial charge in [0.05, 0.1) is 6.54 Å². The Morgan fingerprint density at radius 1 is 0.926 bits per heavy atom. The highest BCUT2D eigenvalue weighted by Crippen LogP contribution is 2.16. The zero-order valence-electron chi connectivity index (χ0n) is 15.2. The first-order valence-electron chi connectivity index (χ1n) is 9.30. The molecule has 6 heteroatoms. The monoisotopic (exact) mass is 477 g/mol. The van der Waals surface area contributed by atoms with Gasteiger partial charge in [-0.3, -0.25) is 9.59 Å². The molecule has 1 saturated heterocycles. The lowest BCUT2D eigenvalue weighted by Crippen LogP contribution is -2.31. The minimum absolute atomic E-state index is 0.0730. The topological polar surface area (TPSA) is 61.4 Å². The molecule has 3 rings (SSSR count). The van der Waals surface area contributed by atoms with Crippen molar-refractivity contribution in [1.82, 2.24) is 4.90 Å². The minimum atomic E-state index is -0.125. The van der Waals surface area contributed by atoms with Gasteiger partial charge in [-0.2, -0.15) is 0 Å². The van der Waals surface area contributed by atoms with Gasteiger partial charge in [-0.05, 0) is 77.9 Å². The van der Waals surface area contributed by atoms with Gasteiger partial charge in [0, 0.05) is 33.6 Å². The summed E-state index contributed by atoms with van der Waals surface area (Å²) in [6, 6.07) is 15.0. The summed E-state index contributed by atoms with van der Waals surface area (Å²) < 4.78 is 1.12. The number of amides is 2. The number of rotatable bonds is 5. The molecule has 1 aliphatic heterocycles. The van der Waals surface area contributed by atoms with Crippen molar-refractivity contribution in [2.45, 2.75) is 25.7 Å². The van der Waals surface area contributed by atoms with Crippen molar-refractivity contribution >= 4 is 45.8 Å². The van der Waals surface area contributed by atoms with Gasteiger partial charge in [-0.15, -0.1) is 0 Å². The smallest absolute Gasteiger partial charge is 0.253 e. The first-order valence-corrected chi connectivity index (χ1v) is 10.4. The number of likely N-dealkylation sites (tertiary alicyclic amines) is 1. The molecule has 0 bridgehead atoms. The van der Waals surface area contributed by atoms with Crippen LogP contribution in [0.15, 0.2) is 48.5 Å². The Hall–Kier alpha value is -2.09. The van der Waals surface area contributed by atoms with Gasteiger partial charge < -0.3 is 15.5 Å².